The smallest absolute Gasteiger partial charge is 0.416 e. The molecule has 2 aliphatic heterocycles. The van der Waals surface area contributed by atoms with E-state index in [1.165, 1.54) is 11.0 Å². The number of nitrogens with zero attached hydrogens (tertiary/aromatic N) is 1. The Labute approximate surface area is 179 Å². The summed E-state index contributed by atoms with van der Waals surface area (Å²) in [4.78, 5) is 25.6. The number of carbonyl (C=O) groups is 2. The molecule has 2 heterocycles. The molecule has 0 atom stereocenters. The number of Topliss-reactive ketones (excluding diaryl/α,β-unsaturated/α-hetero) is 1. The van der Waals surface area contributed by atoms with Gasteiger partial charge in [0.1, 0.15) is 23.9 Å². The first-order chi connectivity index (χ1) is 14.6. The maximum absolute atomic E-state index is 14.3. The van der Waals surface area contributed by atoms with Crippen molar-refractivity contribution in [3.63, 3.8) is 0 Å². The number of carbonyl (C=O) groups excluding carboxylic acids is 2. The van der Waals surface area contributed by atoms with Crippen molar-refractivity contribution < 1.29 is 36.6 Å². The summed E-state index contributed by atoms with van der Waals surface area (Å²) in [6.07, 6.45) is -4.41. The van der Waals surface area contributed by atoms with Crippen molar-refractivity contribution in [3.05, 3.63) is 57.9 Å². The van der Waals surface area contributed by atoms with E-state index < -0.39 is 23.5 Å². The number of alkyl halides is 3. The van der Waals surface area contributed by atoms with Crippen molar-refractivity contribution in [2.24, 2.45) is 5.92 Å². The van der Waals surface area contributed by atoms with E-state index in [-0.39, 0.29) is 53.4 Å². The molecule has 2 aliphatic rings. The maximum Gasteiger partial charge on any atom is 0.416 e. The Hall–Kier alpha value is -2.81. The highest BCUT2D eigenvalue weighted by Gasteiger charge is 2.34. The third-order valence-corrected chi connectivity index (χ3v) is 5.43. The number of hydrogen-bond acceptors (Lipinski definition) is 4. The number of hydrogen-bond donors (Lipinski definition) is 0. The summed E-state index contributed by atoms with van der Waals surface area (Å²) in [7, 11) is 0. The Bertz CT molecular complexity index is 1050. The van der Waals surface area contributed by atoms with Crippen LogP contribution in [0, 0.1) is 11.7 Å². The SMILES string of the molecule is O=C1COc2cc(F)c(C(=O)N3CC(COc4ccc(C(F)(F)F)cc4Cl)C3)cc2C1. The number of likely N-dealkylation sites (tertiary alicyclic amines) is 1. The molecule has 0 aromatic heterocycles. The Morgan fingerprint density at radius 2 is 1.97 bits per heavy atom. The molecule has 1 fully saturated rings. The molecule has 1 saturated heterocycles. The summed E-state index contributed by atoms with van der Waals surface area (Å²) >= 11 is 5.86. The van der Waals surface area contributed by atoms with Crippen LogP contribution in [0.3, 0.4) is 0 Å². The lowest BCUT2D eigenvalue weighted by atomic mass is 9.97. The highest BCUT2D eigenvalue weighted by atomic mass is 35.5. The average molecular weight is 458 g/mol. The third-order valence-electron chi connectivity index (χ3n) is 5.13. The van der Waals surface area contributed by atoms with Crippen LogP contribution >= 0.6 is 11.6 Å². The lowest BCUT2D eigenvalue weighted by Gasteiger charge is -2.39. The number of ketones is 1. The number of fused-ring (bicyclic) bond motifs is 1. The van der Waals surface area contributed by atoms with E-state index in [0.29, 0.717) is 18.7 Å². The Kier molecular flexibility index (Phi) is 5.55. The van der Waals surface area contributed by atoms with Crippen LogP contribution in [0.5, 0.6) is 11.5 Å². The minimum absolute atomic E-state index is 0.0760. The molecule has 0 unspecified atom stereocenters. The molecule has 164 valence electrons. The lowest BCUT2D eigenvalue weighted by molar-refractivity contribution is -0.137. The molecule has 1 amide bonds. The molecular formula is C21H16ClF4NO4. The fraction of sp³-hybridized carbons (Fsp3) is 0.333. The zero-order valence-corrected chi connectivity index (χ0v) is 16.7. The average Bonchev–Trinajstić information content (AvgIpc) is 2.66. The second-order valence-electron chi connectivity index (χ2n) is 7.47. The zero-order chi connectivity index (χ0) is 22.3. The van der Waals surface area contributed by atoms with E-state index in [2.05, 4.69) is 0 Å². The molecule has 0 saturated carbocycles. The topological polar surface area (TPSA) is 55.8 Å². The van der Waals surface area contributed by atoms with Crippen LogP contribution in [-0.2, 0) is 17.4 Å². The third kappa shape index (κ3) is 4.46. The summed E-state index contributed by atoms with van der Waals surface area (Å²) < 4.78 is 63.1. The first-order valence-corrected chi connectivity index (χ1v) is 9.75. The highest BCUT2D eigenvalue weighted by molar-refractivity contribution is 6.32. The van der Waals surface area contributed by atoms with Gasteiger partial charge in [0.25, 0.3) is 5.91 Å². The van der Waals surface area contributed by atoms with Crippen LogP contribution < -0.4 is 9.47 Å². The van der Waals surface area contributed by atoms with Gasteiger partial charge in [-0.3, -0.25) is 9.59 Å². The monoisotopic (exact) mass is 457 g/mol. The molecule has 31 heavy (non-hydrogen) atoms. The van der Waals surface area contributed by atoms with Gasteiger partial charge in [0.2, 0.25) is 0 Å². The van der Waals surface area contributed by atoms with Crippen molar-refractivity contribution >= 4 is 23.3 Å². The van der Waals surface area contributed by atoms with Gasteiger partial charge in [-0.05, 0) is 24.3 Å². The van der Waals surface area contributed by atoms with Crippen molar-refractivity contribution in [3.8, 4) is 11.5 Å². The van der Waals surface area contributed by atoms with E-state index in [0.717, 1.165) is 24.3 Å². The second-order valence-corrected chi connectivity index (χ2v) is 7.88. The minimum Gasteiger partial charge on any atom is -0.492 e. The van der Waals surface area contributed by atoms with Crippen LogP contribution in [0.25, 0.3) is 0 Å². The molecule has 4 rings (SSSR count). The largest absolute Gasteiger partial charge is 0.492 e. The number of ether oxygens (including phenoxy) is 2. The van der Waals surface area contributed by atoms with Crippen LogP contribution in [0.15, 0.2) is 30.3 Å². The maximum atomic E-state index is 14.3. The first-order valence-electron chi connectivity index (χ1n) is 9.37. The molecule has 0 aliphatic carbocycles. The van der Waals surface area contributed by atoms with Crippen molar-refractivity contribution in [1.29, 1.82) is 0 Å². The lowest BCUT2D eigenvalue weighted by Crippen LogP contribution is -2.52. The van der Waals surface area contributed by atoms with Gasteiger partial charge < -0.3 is 14.4 Å². The Balaban J connectivity index is 1.34. The normalized spacial score (nSPS) is 16.4. The molecule has 5 nitrogen and oxygen atoms in total. The standard InChI is InChI=1S/C21H16ClF4NO4/c22-16-5-13(21(24,25)26)1-2-18(16)30-9-11-7-27(8-11)20(29)15-4-12-3-14(28)10-31-19(12)6-17(15)23/h1-2,4-6,11H,3,7-10H2. The van der Waals surface area contributed by atoms with Crippen molar-refractivity contribution in [1.82, 2.24) is 4.90 Å². The van der Waals surface area contributed by atoms with Gasteiger partial charge in [-0.25, -0.2) is 4.39 Å². The highest BCUT2D eigenvalue weighted by Crippen LogP contribution is 2.35. The van der Waals surface area contributed by atoms with Gasteiger partial charge in [0.15, 0.2) is 5.78 Å². The molecule has 0 spiro atoms. The van der Waals surface area contributed by atoms with E-state index in [4.69, 9.17) is 21.1 Å². The van der Waals surface area contributed by atoms with Gasteiger partial charge >= 0.3 is 6.18 Å². The molecule has 10 heteroatoms. The predicted molar refractivity (Wildman–Crippen MR) is 102 cm³/mol. The molecule has 0 bridgehead atoms. The zero-order valence-electron chi connectivity index (χ0n) is 16.0. The summed E-state index contributed by atoms with van der Waals surface area (Å²) in [6.45, 7) is 0.618. The van der Waals surface area contributed by atoms with Gasteiger partial charge in [-0.2, -0.15) is 13.2 Å². The fourth-order valence-corrected chi connectivity index (χ4v) is 3.71. The number of amides is 1. The molecular weight excluding hydrogens is 442 g/mol. The van der Waals surface area contributed by atoms with Crippen LogP contribution in [0.4, 0.5) is 17.6 Å². The van der Waals surface area contributed by atoms with Crippen LogP contribution in [-0.4, -0.2) is 42.9 Å². The number of benzene rings is 2. The van der Waals surface area contributed by atoms with Crippen LogP contribution in [0.2, 0.25) is 5.02 Å². The molecule has 0 radical (unpaired) electrons. The van der Waals surface area contributed by atoms with Gasteiger partial charge in [-0.15, -0.1) is 0 Å². The Morgan fingerprint density at radius 1 is 1.23 bits per heavy atom. The van der Waals surface area contributed by atoms with E-state index >= 15 is 0 Å². The number of rotatable bonds is 4. The molecule has 2 aromatic carbocycles. The number of halogens is 5. The van der Waals surface area contributed by atoms with Gasteiger partial charge in [0, 0.05) is 37.1 Å². The summed E-state index contributed by atoms with van der Waals surface area (Å²) in [5.41, 5.74) is -0.537. The molecule has 0 N–H and O–H groups in total. The van der Waals surface area contributed by atoms with Crippen molar-refractivity contribution in [2.45, 2.75) is 12.6 Å². The quantitative estimate of drug-likeness (QED) is 0.647. The van der Waals surface area contributed by atoms with E-state index in [1.54, 1.807) is 0 Å². The van der Waals surface area contributed by atoms with E-state index in [9.17, 15) is 27.2 Å². The second kappa shape index (κ2) is 8.03. The summed E-state index contributed by atoms with van der Waals surface area (Å²) in [5.74, 6) is -1.09. The van der Waals surface area contributed by atoms with Crippen LogP contribution in [0.1, 0.15) is 21.5 Å². The van der Waals surface area contributed by atoms with Gasteiger partial charge in [-0.1, -0.05) is 11.6 Å². The fourth-order valence-electron chi connectivity index (χ4n) is 3.47. The van der Waals surface area contributed by atoms with Crippen molar-refractivity contribution in [2.75, 3.05) is 26.3 Å². The first kappa shape index (κ1) is 21.4. The summed E-state index contributed by atoms with van der Waals surface area (Å²) in [5, 5.41) is -0.157. The minimum atomic E-state index is -4.50. The van der Waals surface area contributed by atoms with E-state index in [1.807, 2.05) is 0 Å². The van der Waals surface area contributed by atoms with Gasteiger partial charge in [0.05, 0.1) is 22.8 Å². The Morgan fingerprint density at radius 3 is 2.65 bits per heavy atom. The molecule has 2 aromatic rings. The predicted octanol–water partition coefficient (Wildman–Crippen LogP) is 4.15. The summed E-state index contributed by atoms with van der Waals surface area (Å²) in [6, 6.07) is 5.28.